The van der Waals surface area contributed by atoms with Crippen molar-refractivity contribution in [3.05, 3.63) is 0 Å². The van der Waals surface area contributed by atoms with Crippen molar-refractivity contribution in [1.82, 2.24) is 10.2 Å². The molecule has 1 aliphatic heterocycles. The minimum atomic E-state index is 0.0581. The van der Waals surface area contributed by atoms with Crippen LogP contribution in [0.3, 0.4) is 0 Å². The molecule has 11 heavy (non-hydrogen) atoms. The van der Waals surface area contributed by atoms with Crippen molar-refractivity contribution in [2.75, 3.05) is 26.7 Å². The van der Waals surface area contributed by atoms with Crippen LogP contribution in [0.4, 0.5) is 0 Å². The van der Waals surface area contributed by atoms with Crippen LogP contribution in [0.5, 0.6) is 0 Å². The summed E-state index contributed by atoms with van der Waals surface area (Å²) in [5.41, 5.74) is 5.23. The SMILES string of the molecule is CN[C@H]1CCN(C(=O)CN)C1. The molecule has 3 N–H and O–H groups in total. The predicted molar refractivity (Wildman–Crippen MR) is 43.1 cm³/mol. The van der Waals surface area contributed by atoms with Crippen LogP contribution in [-0.2, 0) is 4.79 Å². The molecule has 1 amide bonds. The number of nitrogens with zero attached hydrogens (tertiary/aromatic N) is 1. The topological polar surface area (TPSA) is 58.4 Å². The molecule has 64 valence electrons. The molecule has 1 heterocycles. The van der Waals surface area contributed by atoms with Gasteiger partial charge in [-0.05, 0) is 13.5 Å². The van der Waals surface area contributed by atoms with E-state index in [4.69, 9.17) is 5.73 Å². The highest BCUT2D eigenvalue weighted by Gasteiger charge is 2.23. The van der Waals surface area contributed by atoms with Crippen molar-refractivity contribution >= 4 is 5.91 Å². The van der Waals surface area contributed by atoms with E-state index in [0.29, 0.717) is 6.04 Å². The summed E-state index contributed by atoms with van der Waals surface area (Å²) in [6.45, 7) is 1.80. The Hall–Kier alpha value is -0.610. The fourth-order valence-corrected chi connectivity index (χ4v) is 1.35. The van der Waals surface area contributed by atoms with Crippen LogP contribution in [-0.4, -0.2) is 43.5 Å². The van der Waals surface area contributed by atoms with Gasteiger partial charge in [0.2, 0.25) is 5.91 Å². The maximum Gasteiger partial charge on any atom is 0.236 e. The third kappa shape index (κ3) is 1.91. The first-order valence-corrected chi connectivity index (χ1v) is 3.93. The van der Waals surface area contributed by atoms with E-state index in [1.54, 1.807) is 4.90 Å². The molecule has 0 unspecified atom stereocenters. The van der Waals surface area contributed by atoms with E-state index in [1.807, 2.05) is 7.05 Å². The van der Waals surface area contributed by atoms with Gasteiger partial charge < -0.3 is 16.0 Å². The van der Waals surface area contributed by atoms with Crippen LogP contribution < -0.4 is 11.1 Å². The van der Waals surface area contributed by atoms with Gasteiger partial charge in [0, 0.05) is 19.1 Å². The van der Waals surface area contributed by atoms with Crippen LogP contribution in [0.1, 0.15) is 6.42 Å². The Balaban J connectivity index is 2.35. The maximum absolute atomic E-state index is 11.0. The van der Waals surface area contributed by atoms with Gasteiger partial charge in [-0.3, -0.25) is 4.79 Å². The lowest BCUT2D eigenvalue weighted by Crippen LogP contribution is -2.36. The molecule has 0 radical (unpaired) electrons. The second kappa shape index (κ2) is 3.69. The zero-order chi connectivity index (χ0) is 8.27. The minimum Gasteiger partial charge on any atom is -0.340 e. The van der Waals surface area contributed by atoms with E-state index >= 15 is 0 Å². The molecule has 1 fully saturated rings. The molecule has 0 aliphatic carbocycles. The van der Waals surface area contributed by atoms with Gasteiger partial charge in [0.05, 0.1) is 6.54 Å². The normalized spacial score (nSPS) is 24.2. The zero-order valence-electron chi connectivity index (χ0n) is 6.84. The van der Waals surface area contributed by atoms with Crippen LogP contribution in [0.15, 0.2) is 0 Å². The molecule has 0 aromatic heterocycles. The van der Waals surface area contributed by atoms with Gasteiger partial charge in [-0.25, -0.2) is 0 Å². The van der Waals surface area contributed by atoms with Gasteiger partial charge >= 0.3 is 0 Å². The smallest absolute Gasteiger partial charge is 0.236 e. The molecule has 0 aromatic rings. The van der Waals surface area contributed by atoms with Crippen molar-refractivity contribution in [3.63, 3.8) is 0 Å². The molecule has 1 atom stereocenters. The second-order valence-corrected chi connectivity index (χ2v) is 2.82. The highest BCUT2D eigenvalue weighted by molar-refractivity contribution is 5.78. The van der Waals surface area contributed by atoms with Crippen LogP contribution in [0, 0.1) is 0 Å². The van der Waals surface area contributed by atoms with E-state index in [-0.39, 0.29) is 12.5 Å². The average Bonchev–Trinajstić information content (AvgIpc) is 2.50. The van der Waals surface area contributed by atoms with Gasteiger partial charge in [0.15, 0.2) is 0 Å². The van der Waals surface area contributed by atoms with Gasteiger partial charge in [0.25, 0.3) is 0 Å². The Morgan fingerprint density at radius 2 is 2.55 bits per heavy atom. The zero-order valence-corrected chi connectivity index (χ0v) is 6.84. The molecule has 0 spiro atoms. The Kier molecular flexibility index (Phi) is 2.84. The van der Waals surface area contributed by atoms with Crippen molar-refractivity contribution in [1.29, 1.82) is 0 Å². The number of likely N-dealkylation sites (N-methyl/N-ethyl adjacent to an activating group) is 1. The monoisotopic (exact) mass is 157 g/mol. The van der Waals surface area contributed by atoms with E-state index in [9.17, 15) is 4.79 Å². The Labute approximate surface area is 66.7 Å². The summed E-state index contributed by atoms with van der Waals surface area (Å²) in [6, 6.07) is 0.463. The van der Waals surface area contributed by atoms with E-state index in [1.165, 1.54) is 0 Å². The molecule has 1 rings (SSSR count). The van der Waals surface area contributed by atoms with Crippen molar-refractivity contribution in [2.24, 2.45) is 5.73 Å². The van der Waals surface area contributed by atoms with Gasteiger partial charge in [-0.2, -0.15) is 0 Å². The molecule has 4 heteroatoms. The summed E-state index contributed by atoms with van der Waals surface area (Å²) in [5.74, 6) is 0.0581. The Morgan fingerprint density at radius 3 is 3.00 bits per heavy atom. The van der Waals surface area contributed by atoms with Gasteiger partial charge in [-0.1, -0.05) is 0 Å². The highest BCUT2D eigenvalue weighted by Crippen LogP contribution is 2.07. The number of nitrogens with one attached hydrogen (secondary N) is 1. The molecule has 4 nitrogen and oxygen atoms in total. The number of hydrogen-bond donors (Lipinski definition) is 2. The molecule has 1 saturated heterocycles. The summed E-state index contributed by atoms with van der Waals surface area (Å²) < 4.78 is 0. The predicted octanol–water partition coefficient (Wildman–Crippen LogP) is -1.23. The minimum absolute atomic E-state index is 0.0581. The van der Waals surface area contributed by atoms with Gasteiger partial charge in [0.1, 0.15) is 0 Å². The fraction of sp³-hybridized carbons (Fsp3) is 0.857. The quantitative estimate of drug-likeness (QED) is 0.527. The second-order valence-electron chi connectivity index (χ2n) is 2.82. The largest absolute Gasteiger partial charge is 0.340 e. The van der Waals surface area contributed by atoms with Crippen LogP contribution in [0.25, 0.3) is 0 Å². The number of carbonyl (C=O) groups excluding carboxylic acids is 1. The van der Waals surface area contributed by atoms with Crippen LogP contribution in [0.2, 0.25) is 0 Å². The molecular formula is C7H15N3O. The van der Waals surface area contributed by atoms with Crippen molar-refractivity contribution in [2.45, 2.75) is 12.5 Å². The highest BCUT2D eigenvalue weighted by atomic mass is 16.2. The Bertz CT molecular complexity index is 149. The third-order valence-electron chi connectivity index (χ3n) is 2.12. The molecule has 0 aromatic carbocycles. The van der Waals surface area contributed by atoms with Crippen molar-refractivity contribution in [3.8, 4) is 0 Å². The lowest BCUT2D eigenvalue weighted by molar-refractivity contribution is -0.128. The summed E-state index contributed by atoms with van der Waals surface area (Å²) in [6.07, 6.45) is 1.04. The summed E-state index contributed by atoms with van der Waals surface area (Å²) in [5, 5.41) is 3.14. The molecule has 1 aliphatic rings. The summed E-state index contributed by atoms with van der Waals surface area (Å²) >= 11 is 0. The number of rotatable bonds is 2. The number of carbonyl (C=O) groups is 1. The summed E-state index contributed by atoms with van der Waals surface area (Å²) in [7, 11) is 1.92. The van der Waals surface area contributed by atoms with Gasteiger partial charge in [-0.15, -0.1) is 0 Å². The number of hydrogen-bond acceptors (Lipinski definition) is 3. The first kappa shape index (κ1) is 8.49. The third-order valence-corrected chi connectivity index (χ3v) is 2.12. The standard InChI is InChI=1S/C7H15N3O/c1-9-6-2-3-10(5-6)7(11)4-8/h6,9H,2-5,8H2,1H3/t6-/m0/s1. The van der Waals surface area contributed by atoms with E-state index in [2.05, 4.69) is 5.32 Å². The fourth-order valence-electron chi connectivity index (χ4n) is 1.35. The van der Waals surface area contributed by atoms with E-state index in [0.717, 1.165) is 19.5 Å². The molecule has 0 bridgehead atoms. The summed E-state index contributed by atoms with van der Waals surface area (Å²) in [4.78, 5) is 12.9. The molecule has 0 saturated carbocycles. The lowest BCUT2D eigenvalue weighted by Gasteiger charge is -2.14. The van der Waals surface area contributed by atoms with Crippen molar-refractivity contribution < 1.29 is 4.79 Å². The number of likely N-dealkylation sites (tertiary alicyclic amines) is 1. The maximum atomic E-state index is 11.0. The first-order chi connectivity index (χ1) is 5.27. The lowest BCUT2D eigenvalue weighted by atomic mass is 10.3. The van der Waals surface area contributed by atoms with Crippen LogP contribution >= 0.6 is 0 Å². The average molecular weight is 157 g/mol. The number of nitrogens with two attached hydrogens (primary N) is 1. The number of amides is 1. The molecular weight excluding hydrogens is 142 g/mol. The Morgan fingerprint density at radius 1 is 1.82 bits per heavy atom. The first-order valence-electron chi connectivity index (χ1n) is 3.93. The van der Waals surface area contributed by atoms with E-state index < -0.39 is 0 Å².